The minimum atomic E-state index is -0.102. The lowest BCUT2D eigenvalue weighted by atomic mass is 9.97. The van der Waals surface area contributed by atoms with Crippen molar-refractivity contribution >= 4 is 17.2 Å². The zero-order valence-corrected chi connectivity index (χ0v) is 14.4. The fourth-order valence-electron chi connectivity index (χ4n) is 3.96. The average molecular weight is 352 g/mol. The molecule has 1 amide bonds. The van der Waals surface area contributed by atoms with Gasteiger partial charge in [0.1, 0.15) is 11.8 Å². The number of anilines is 1. The predicted molar refractivity (Wildman–Crippen MR) is 94.1 cm³/mol. The van der Waals surface area contributed by atoms with Crippen LogP contribution in [-0.2, 0) is 12.8 Å². The first-order chi connectivity index (χ1) is 12.8. The fourth-order valence-corrected chi connectivity index (χ4v) is 3.96. The van der Waals surface area contributed by atoms with Gasteiger partial charge >= 0.3 is 0 Å². The van der Waals surface area contributed by atoms with Crippen molar-refractivity contribution in [1.82, 2.24) is 34.7 Å². The maximum absolute atomic E-state index is 12.4. The molecule has 2 aliphatic rings. The van der Waals surface area contributed by atoms with Crippen molar-refractivity contribution in [3.05, 3.63) is 35.8 Å². The molecule has 1 saturated heterocycles. The molecule has 0 saturated carbocycles. The van der Waals surface area contributed by atoms with E-state index in [4.69, 9.17) is 5.10 Å². The Morgan fingerprint density at radius 1 is 1.08 bits per heavy atom. The minimum Gasteiger partial charge on any atom is -0.351 e. The van der Waals surface area contributed by atoms with Crippen LogP contribution in [0.2, 0.25) is 0 Å². The summed E-state index contributed by atoms with van der Waals surface area (Å²) in [4.78, 5) is 25.1. The van der Waals surface area contributed by atoms with Crippen LogP contribution in [0.15, 0.2) is 18.7 Å². The number of rotatable bonds is 2. The third-order valence-electron chi connectivity index (χ3n) is 5.28. The second-order valence-corrected chi connectivity index (χ2v) is 6.79. The molecule has 1 aliphatic carbocycles. The van der Waals surface area contributed by atoms with Crippen molar-refractivity contribution in [2.75, 3.05) is 31.1 Å². The van der Waals surface area contributed by atoms with E-state index in [0.29, 0.717) is 18.9 Å². The molecule has 0 aromatic carbocycles. The Labute approximate surface area is 150 Å². The Morgan fingerprint density at radius 3 is 2.73 bits per heavy atom. The van der Waals surface area contributed by atoms with Gasteiger partial charge in [-0.1, -0.05) is 0 Å². The van der Waals surface area contributed by atoms with Crippen LogP contribution < -0.4 is 4.90 Å². The van der Waals surface area contributed by atoms with Gasteiger partial charge in [0.15, 0.2) is 5.82 Å². The number of fused-ring (bicyclic) bond motifs is 3. The molecule has 0 spiro atoms. The van der Waals surface area contributed by atoms with E-state index in [1.807, 2.05) is 21.8 Å². The molecule has 1 fully saturated rings. The van der Waals surface area contributed by atoms with Crippen LogP contribution in [0.5, 0.6) is 0 Å². The smallest absolute Gasteiger partial charge is 0.291 e. The van der Waals surface area contributed by atoms with Gasteiger partial charge in [-0.2, -0.15) is 10.2 Å². The van der Waals surface area contributed by atoms with E-state index in [0.717, 1.165) is 37.3 Å². The number of aryl methyl sites for hydroxylation is 2. The Hall–Kier alpha value is -2.97. The predicted octanol–water partition coefficient (Wildman–Crippen LogP) is 0.689. The van der Waals surface area contributed by atoms with Crippen LogP contribution in [-0.4, -0.2) is 66.8 Å². The molecule has 134 valence electrons. The number of hydrogen-bond donors (Lipinski definition) is 1. The lowest BCUT2D eigenvalue weighted by Crippen LogP contribution is -2.49. The van der Waals surface area contributed by atoms with Gasteiger partial charge in [-0.3, -0.25) is 9.89 Å². The molecule has 9 heteroatoms. The van der Waals surface area contributed by atoms with Gasteiger partial charge in [-0.05, 0) is 25.7 Å². The normalized spacial score (nSPS) is 17.5. The van der Waals surface area contributed by atoms with Crippen molar-refractivity contribution in [2.24, 2.45) is 0 Å². The second-order valence-electron chi connectivity index (χ2n) is 6.79. The van der Waals surface area contributed by atoms with Gasteiger partial charge in [0.25, 0.3) is 5.91 Å². The Balaban J connectivity index is 1.40. The molecule has 5 rings (SSSR count). The maximum atomic E-state index is 12.4. The summed E-state index contributed by atoms with van der Waals surface area (Å²) < 4.78 is 1.98. The van der Waals surface area contributed by atoms with Gasteiger partial charge in [0, 0.05) is 44.1 Å². The number of amides is 1. The fraction of sp³-hybridized carbons (Fsp3) is 0.471. The topological polar surface area (TPSA) is 95.3 Å². The van der Waals surface area contributed by atoms with E-state index >= 15 is 0 Å². The van der Waals surface area contributed by atoms with E-state index in [1.165, 1.54) is 30.4 Å². The monoisotopic (exact) mass is 352 g/mol. The average Bonchev–Trinajstić information content (AvgIpc) is 3.35. The summed E-state index contributed by atoms with van der Waals surface area (Å²) >= 11 is 0. The molecule has 4 heterocycles. The highest BCUT2D eigenvalue weighted by molar-refractivity contribution is 5.90. The second kappa shape index (κ2) is 6.08. The van der Waals surface area contributed by atoms with Crippen molar-refractivity contribution in [2.45, 2.75) is 25.7 Å². The number of piperazine rings is 1. The molecule has 3 aromatic heterocycles. The van der Waals surface area contributed by atoms with Crippen LogP contribution in [0.25, 0.3) is 5.52 Å². The van der Waals surface area contributed by atoms with Crippen molar-refractivity contribution in [3.8, 4) is 0 Å². The van der Waals surface area contributed by atoms with Gasteiger partial charge in [0.2, 0.25) is 5.82 Å². The summed E-state index contributed by atoms with van der Waals surface area (Å²) in [7, 11) is 0. The minimum absolute atomic E-state index is 0.102. The Bertz CT molecular complexity index is 939. The molecule has 0 atom stereocenters. The lowest BCUT2D eigenvalue weighted by Gasteiger charge is -2.35. The first-order valence-electron chi connectivity index (χ1n) is 9.06. The Kier molecular flexibility index (Phi) is 3.58. The molecule has 0 bridgehead atoms. The summed E-state index contributed by atoms with van der Waals surface area (Å²) in [6, 6.07) is 0. The van der Waals surface area contributed by atoms with Gasteiger partial charge in [-0.25, -0.2) is 14.5 Å². The van der Waals surface area contributed by atoms with E-state index < -0.39 is 0 Å². The molecule has 1 aliphatic heterocycles. The highest BCUT2D eigenvalue weighted by Gasteiger charge is 2.27. The van der Waals surface area contributed by atoms with Gasteiger partial charge in [0.05, 0.1) is 5.69 Å². The largest absolute Gasteiger partial charge is 0.351 e. The summed E-state index contributed by atoms with van der Waals surface area (Å²) in [5.41, 5.74) is 3.70. The molecule has 9 nitrogen and oxygen atoms in total. The highest BCUT2D eigenvalue weighted by atomic mass is 16.2. The van der Waals surface area contributed by atoms with Crippen molar-refractivity contribution in [3.63, 3.8) is 0 Å². The van der Waals surface area contributed by atoms with Gasteiger partial charge < -0.3 is 9.80 Å². The van der Waals surface area contributed by atoms with Crippen molar-refractivity contribution in [1.29, 1.82) is 0 Å². The van der Waals surface area contributed by atoms with Gasteiger partial charge in [-0.15, -0.1) is 0 Å². The number of hydrogen-bond acceptors (Lipinski definition) is 6. The molecule has 26 heavy (non-hydrogen) atoms. The number of aromatic amines is 1. The van der Waals surface area contributed by atoms with E-state index in [1.54, 1.807) is 0 Å². The first-order valence-corrected chi connectivity index (χ1v) is 9.06. The maximum Gasteiger partial charge on any atom is 0.291 e. The van der Waals surface area contributed by atoms with Crippen LogP contribution in [0.4, 0.5) is 5.82 Å². The Morgan fingerprint density at radius 2 is 1.92 bits per heavy atom. The lowest BCUT2D eigenvalue weighted by molar-refractivity contribution is 0.0734. The molecule has 3 aromatic rings. The zero-order valence-electron chi connectivity index (χ0n) is 14.4. The van der Waals surface area contributed by atoms with Crippen LogP contribution in [0, 0.1) is 0 Å². The quantitative estimate of drug-likeness (QED) is 0.729. The van der Waals surface area contributed by atoms with E-state index in [-0.39, 0.29) is 5.91 Å². The number of H-pyrrole nitrogens is 1. The van der Waals surface area contributed by atoms with Crippen molar-refractivity contribution < 1.29 is 4.79 Å². The standard InChI is InChI=1S/C17H20N8O/c26-17(15-19-11-20-21-15)24-9-7-23(8-10-24)16-14-12-3-1-2-4-13(12)22-25(14)6-5-18-16/h5-6,11H,1-4,7-10H2,(H,19,20,21). The molecular formula is C17H20N8O. The number of aromatic nitrogens is 6. The SMILES string of the molecule is O=C(c1ncn[nH]1)N1CCN(c2nccn3nc4c(c23)CCCC4)CC1. The van der Waals surface area contributed by atoms with Crippen LogP contribution in [0.3, 0.4) is 0 Å². The van der Waals surface area contributed by atoms with E-state index in [9.17, 15) is 4.79 Å². The summed E-state index contributed by atoms with van der Waals surface area (Å²) in [5.74, 6) is 1.17. The third kappa shape index (κ3) is 2.42. The molecule has 1 N–H and O–H groups in total. The third-order valence-corrected chi connectivity index (χ3v) is 5.28. The summed E-state index contributed by atoms with van der Waals surface area (Å²) in [6.45, 7) is 2.76. The zero-order chi connectivity index (χ0) is 17.5. The molecular weight excluding hydrogens is 332 g/mol. The van der Waals surface area contributed by atoms with Crippen LogP contribution in [0.1, 0.15) is 34.7 Å². The number of nitrogens with zero attached hydrogens (tertiary/aromatic N) is 7. The highest BCUT2D eigenvalue weighted by Crippen LogP contribution is 2.30. The first kappa shape index (κ1) is 15.3. The molecule has 0 unspecified atom stereocenters. The van der Waals surface area contributed by atoms with E-state index in [2.05, 4.69) is 25.1 Å². The summed E-state index contributed by atoms with van der Waals surface area (Å²) in [5, 5.41) is 11.1. The van der Waals surface area contributed by atoms with Crippen LogP contribution >= 0.6 is 0 Å². The number of carbonyl (C=O) groups is 1. The number of carbonyl (C=O) groups excluding carboxylic acids is 1. The number of nitrogens with one attached hydrogen (secondary N) is 1. The molecule has 0 radical (unpaired) electrons. The summed E-state index contributed by atoms with van der Waals surface area (Å²) in [6.07, 6.45) is 9.64.